The Bertz CT molecular complexity index is 838. The Labute approximate surface area is 139 Å². The van der Waals surface area contributed by atoms with Gasteiger partial charge in [0.15, 0.2) is 0 Å². The molecule has 0 aliphatic carbocycles. The van der Waals surface area contributed by atoms with E-state index in [2.05, 4.69) is 15.0 Å². The van der Waals surface area contributed by atoms with Gasteiger partial charge in [0.1, 0.15) is 5.56 Å². The maximum absolute atomic E-state index is 11.5. The van der Waals surface area contributed by atoms with Gasteiger partial charge in [-0.05, 0) is 12.1 Å². The quantitative estimate of drug-likeness (QED) is 0.778. The predicted octanol–water partition coefficient (Wildman–Crippen LogP) is 2.87. The number of pyridine rings is 1. The van der Waals surface area contributed by atoms with Crippen molar-refractivity contribution in [3.63, 3.8) is 0 Å². The Balaban J connectivity index is 1.96. The van der Waals surface area contributed by atoms with Crippen molar-refractivity contribution in [3.05, 3.63) is 72.2 Å². The van der Waals surface area contributed by atoms with Crippen molar-refractivity contribution in [1.82, 2.24) is 15.0 Å². The number of aromatic nitrogens is 3. The van der Waals surface area contributed by atoms with Gasteiger partial charge in [-0.3, -0.25) is 4.98 Å². The van der Waals surface area contributed by atoms with Gasteiger partial charge in [-0.25, -0.2) is 14.8 Å². The summed E-state index contributed by atoms with van der Waals surface area (Å²) >= 11 is 0. The van der Waals surface area contributed by atoms with Crippen molar-refractivity contribution in [3.8, 4) is 11.3 Å². The van der Waals surface area contributed by atoms with Crippen molar-refractivity contribution in [2.45, 2.75) is 6.54 Å². The molecule has 0 amide bonds. The highest BCUT2D eigenvalue weighted by atomic mass is 16.4. The molecule has 2 aromatic heterocycles. The number of rotatable bonds is 5. The number of anilines is 1. The lowest BCUT2D eigenvalue weighted by Crippen LogP contribution is -2.20. The van der Waals surface area contributed by atoms with Crippen LogP contribution in [0.5, 0.6) is 0 Å². The van der Waals surface area contributed by atoms with Crippen LogP contribution in [0.3, 0.4) is 0 Å². The summed E-state index contributed by atoms with van der Waals surface area (Å²) in [7, 11) is 1.85. The Kier molecular flexibility index (Phi) is 4.47. The van der Waals surface area contributed by atoms with E-state index >= 15 is 0 Å². The molecular formula is C18H16N4O2. The van der Waals surface area contributed by atoms with Gasteiger partial charge in [-0.15, -0.1) is 0 Å². The molecule has 0 spiro atoms. The molecule has 3 aromatic rings. The smallest absolute Gasteiger partial charge is 0.339 e. The van der Waals surface area contributed by atoms with Crippen molar-refractivity contribution in [1.29, 1.82) is 0 Å². The highest BCUT2D eigenvalue weighted by Crippen LogP contribution is 2.23. The van der Waals surface area contributed by atoms with Crippen LogP contribution in [0, 0.1) is 0 Å². The van der Waals surface area contributed by atoms with Crippen LogP contribution in [0.15, 0.2) is 60.9 Å². The Hall–Kier alpha value is -3.28. The molecular weight excluding hydrogens is 304 g/mol. The average molecular weight is 320 g/mol. The zero-order chi connectivity index (χ0) is 16.9. The Morgan fingerprint density at radius 1 is 1.08 bits per heavy atom. The minimum Gasteiger partial charge on any atom is -0.478 e. The third-order valence-electron chi connectivity index (χ3n) is 3.52. The first-order valence-electron chi connectivity index (χ1n) is 7.42. The van der Waals surface area contributed by atoms with E-state index in [1.165, 1.54) is 6.20 Å². The second-order valence-electron chi connectivity index (χ2n) is 5.28. The molecule has 3 rings (SSSR count). The number of carboxylic acids is 1. The second kappa shape index (κ2) is 6.87. The summed E-state index contributed by atoms with van der Waals surface area (Å²) in [6, 6.07) is 14.9. The Morgan fingerprint density at radius 3 is 2.50 bits per heavy atom. The van der Waals surface area contributed by atoms with Gasteiger partial charge in [0.2, 0.25) is 5.95 Å². The van der Waals surface area contributed by atoms with Crippen LogP contribution < -0.4 is 4.90 Å². The number of benzene rings is 1. The van der Waals surface area contributed by atoms with E-state index in [9.17, 15) is 9.90 Å². The maximum atomic E-state index is 11.5. The van der Waals surface area contributed by atoms with Gasteiger partial charge < -0.3 is 10.0 Å². The number of hydrogen-bond acceptors (Lipinski definition) is 5. The van der Waals surface area contributed by atoms with E-state index < -0.39 is 5.97 Å². The molecule has 24 heavy (non-hydrogen) atoms. The van der Waals surface area contributed by atoms with Gasteiger partial charge in [0.05, 0.1) is 17.9 Å². The first-order valence-corrected chi connectivity index (χ1v) is 7.42. The zero-order valence-corrected chi connectivity index (χ0v) is 13.1. The van der Waals surface area contributed by atoms with Gasteiger partial charge >= 0.3 is 5.97 Å². The Morgan fingerprint density at radius 2 is 1.83 bits per heavy atom. The third-order valence-corrected chi connectivity index (χ3v) is 3.52. The van der Waals surface area contributed by atoms with Crippen LogP contribution in [0.1, 0.15) is 16.1 Å². The molecule has 6 heteroatoms. The van der Waals surface area contributed by atoms with E-state index in [1.807, 2.05) is 60.5 Å². The standard InChI is InChI=1S/C18H16N4O2/c1-22(12-14-9-5-6-10-19-14)18-20-11-15(17(23)24)16(21-18)13-7-3-2-4-8-13/h2-11H,12H2,1H3,(H,23,24). The second-order valence-corrected chi connectivity index (χ2v) is 5.28. The van der Waals surface area contributed by atoms with Crippen LogP contribution in [-0.4, -0.2) is 33.1 Å². The molecule has 0 atom stereocenters. The van der Waals surface area contributed by atoms with Gasteiger partial charge in [-0.1, -0.05) is 36.4 Å². The molecule has 0 aliphatic heterocycles. The normalized spacial score (nSPS) is 10.4. The number of aromatic carboxylic acids is 1. The summed E-state index contributed by atoms with van der Waals surface area (Å²) in [5.41, 5.74) is 2.11. The first-order chi connectivity index (χ1) is 11.6. The molecule has 0 aliphatic rings. The molecule has 1 N–H and O–H groups in total. The van der Waals surface area contributed by atoms with Gasteiger partial charge in [-0.2, -0.15) is 0 Å². The molecule has 0 saturated carbocycles. The van der Waals surface area contributed by atoms with Crippen molar-refractivity contribution < 1.29 is 9.90 Å². The summed E-state index contributed by atoms with van der Waals surface area (Å²) in [6.07, 6.45) is 3.08. The van der Waals surface area contributed by atoms with Crippen molar-refractivity contribution in [2.75, 3.05) is 11.9 Å². The summed E-state index contributed by atoms with van der Waals surface area (Å²) < 4.78 is 0. The molecule has 6 nitrogen and oxygen atoms in total. The monoisotopic (exact) mass is 320 g/mol. The summed E-state index contributed by atoms with van der Waals surface area (Å²) in [4.78, 5) is 26.2. The lowest BCUT2D eigenvalue weighted by Gasteiger charge is -2.18. The molecule has 0 bridgehead atoms. The number of hydrogen-bond donors (Lipinski definition) is 1. The van der Waals surface area contributed by atoms with Crippen LogP contribution in [0.25, 0.3) is 11.3 Å². The fourth-order valence-electron chi connectivity index (χ4n) is 2.33. The number of nitrogens with zero attached hydrogens (tertiary/aromatic N) is 4. The lowest BCUT2D eigenvalue weighted by atomic mass is 10.1. The first kappa shape index (κ1) is 15.6. The molecule has 0 saturated heterocycles. The minimum absolute atomic E-state index is 0.0798. The minimum atomic E-state index is -1.05. The fraction of sp³-hybridized carbons (Fsp3) is 0.111. The largest absolute Gasteiger partial charge is 0.478 e. The molecule has 2 heterocycles. The van der Waals surface area contributed by atoms with E-state index in [-0.39, 0.29) is 5.56 Å². The van der Waals surface area contributed by atoms with E-state index in [0.717, 1.165) is 11.3 Å². The third kappa shape index (κ3) is 3.38. The number of carboxylic acid groups (broad SMARTS) is 1. The van der Waals surface area contributed by atoms with Crippen LogP contribution in [-0.2, 0) is 6.54 Å². The fourth-order valence-corrected chi connectivity index (χ4v) is 2.33. The highest BCUT2D eigenvalue weighted by molar-refractivity contribution is 5.94. The summed E-state index contributed by atoms with van der Waals surface area (Å²) in [6.45, 7) is 0.529. The molecule has 0 unspecified atom stereocenters. The maximum Gasteiger partial charge on any atom is 0.339 e. The molecule has 120 valence electrons. The zero-order valence-electron chi connectivity index (χ0n) is 13.1. The van der Waals surface area contributed by atoms with E-state index in [4.69, 9.17) is 0 Å². The van der Waals surface area contributed by atoms with Crippen molar-refractivity contribution in [2.24, 2.45) is 0 Å². The molecule has 0 radical (unpaired) electrons. The van der Waals surface area contributed by atoms with E-state index in [0.29, 0.717) is 18.2 Å². The predicted molar refractivity (Wildman–Crippen MR) is 90.8 cm³/mol. The van der Waals surface area contributed by atoms with Crippen molar-refractivity contribution >= 4 is 11.9 Å². The average Bonchev–Trinajstić information content (AvgIpc) is 2.62. The highest BCUT2D eigenvalue weighted by Gasteiger charge is 2.17. The van der Waals surface area contributed by atoms with Gasteiger partial charge in [0.25, 0.3) is 0 Å². The van der Waals surface area contributed by atoms with Gasteiger partial charge in [0, 0.05) is 25.0 Å². The van der Waals surface area contributed by atoms with Crippen LogP contribution in [0.4, 0.5) is 5.95 Å². The summed E-state index contributed by atoms with van der Waals surface area (Å²) in [5.74, 6) is -0.600. The van der Waals surface area contributed by atoms with Crippen LogP contribution >= 0.6 is 0 Å². The lowest BCUT2D eigenvalue weighted by molar-refractivity contribution is 0.0697. The van der Waals surface area contributed by atoms with Crippen LogP contribution in [0.2, 0.25) is 0 Å². The molecule has 1 aromatic carbocycles. The summed E-state index contributed by atoms with van der Waals surface area (Å²) in [5, 5.41) is 9.39. The SMILES string of the molecule is CN(Cc1ccccn1)c1ncc(C(=O)O)c(-c2ccccc2)n1. The topological polar surface area (TPSA) is 79.2 Å². The number of carbonyl (C=O) groups is 1. The van der Waals surface area contributed by atoms with E-state index in [1.54, 1.807) is 6.20 Å². The molecule has 0 fully saturated rings.